The molecule has 0 bridgehead atoms. The smallest absolute Gasteiger partial charge is 0.128 e. The van der Waals surface area contributed by atoms with Gasteiger partial charge in [-0.3, -0.25) is 0 Å². The number of alkyl halides is 1. The van der Waals surface area contributed by atoms with Crippen LogP contribution < -0.4 is 4.74 Å². The van der Waals surface area contributed by atoms with E-state index in [1.54, 1.807) is 7.11 Å². The summed E-state index contributed by atoms with van der Waals surface area (Å²) in [7, 11) is 1.62. The summed E-state index contributed by atoms with van der Waals surface area (Å²) >= 11 is 5.67. The summed E-state index contributed by atoms with van der Waals surface area (Å²) in [6.45, 7) is 5.97. The van der Waals surface area contributed by atoms with Gasteiger partial charge in [-0.05, 0) is 37.5 Å². The number of aryl methyl sites for hydroxylation is 2. The maximum atomic E-state index is 9.83. The van der Waals surface area contributed by atoms with Crippen LogP contribution in [0.15, 0.2) is 6.07 Å². The fourth-order valence-electron chi connectivity index (χ4n) is 1.83. The molecule has 0 spiro atoms. The minimum atomic E-state index is -0.666. The molecule has 2 nitrogen and oxygen atoms in total. The number of hydrogen-bond acceptors (Lipinski definition) is 2. The fourth-order valence-corrected chi connectivity index (χ4v) is 1.98. The van der Waals surface area contributed by atoms with Crippen molar-refractivity contribution in [2.24, 2.45) is 0 Å². The van der Waals surface area contributed by atoms with Crippen LogP contribution in [0.1, 0.15) is 28.4 Å². The molecule has 1 rings (SSSR count). The van der Waals surface area contributed by atoms with E-state index >= 15 is 0 Å². The van der Waals surface area contributed by atoms with Crippen molar-refractivity contribution in [3.05, 3.63) is 28.3 Å². The molecule has 3 heteroatoms. The van der Waals surface area contributed by atoms with Gasteiger partial charge < -0.3 is 9.84 Å². The number of benzene rings is 1. The first-order valence-corrected chi connectivity index (χ1v) is 5.45. The standard InChI is InChI=1S/C12H17ClO2/c1-7-5-8(2)11(10(14)6-13)12(15-4)9(7)3/h5,10,14H,6H2,1-4H3. The quantitative estimate of drug-likeness (QED) is 0.807. The molecule has 0 amide bonds. The van der Waals surface area contributed by atoms with Gasteiger partial charge in [0.15, 0.2) is 0 Å². The molecule has 0 radical (unpaired) electrons. The molecule has 1 unspecified atom stereocenters. The average molecular weight is 229 g/mol. The lowest BCUT2D eigenvalue weighted by Crippen LogP contribution is -2.06. The van der Waals surface area contributed by atoms with E-state index in [2.05, 4.69) is 0 Å². The molecule has 0 aromatic heterocycles. The van der Waals surface area contributed by atoms with Crippen LogP contribution in [0.4, 0.5) is 0 Å². The molecule has 84 valence electrons. The Morgan fingerprint density at radius 3 is 2.40 bits per heavy atom. The molecule has 1 N–H and O–H groups in total. The molecular formula is C12H17ClO2. The Kier molecular flexibility index (Phi) is 4.00. The molecule has 0 aliphatic heterocycles. The monoisotopic (exact) mass is 228 g/mol. The van der Waals surface area contributed by atoms with Gasteiger partial charge in [0.2, 0.25) is 0 Å². The topological polar surface area (TPSA) is 29.5 Å². The number of rotatable bonds is 3. The van der Waals surface area contributed by atoms with E-state index in [1.807, 2.05) is 26.8 Å². The Morgan fingerprint density at radius 2 is 1.93 bits per heavy atom. The van der Waals surface area contributed by atoms with Crippen LogP contribution in [-0.2, 0) is 0 Å². The van der Waals surface area contributed by atoms with Crippen LogP contribution in [0, 0.1) is 20.8 Å². The number of aliphatic hydroxyl groups excluding tert-OH is 1. The van der Waals surface area contributed by atoms with Crippen LogP contribution in [0.3, 0.4) is 0 Å². The highest BCUT2D eigenvalue weighted by molar-refractivity contribution is 6.18. The van der Waals surface area contributed by atoms with Crippen LogP contribution in [-0.4, -0.2) is 18.1 Å². The second-order valence-electron chi connectivity index (χ2n) is 3.75. The van der Waals surface area contributed by atoms with Gasteiger partial charge in [-0.25, -0.2) is 0 Å². The average Bonchev–Trinajstić information content (AvgIpc) is 2.21. The summed E-state index contributed by atoms with van der Waals surface area (Å²) in [6, 6.07) is 2.04. The number of methoxy groups -OCH3 is 1. The maximum absolute atomic E-state index is 9.83. The second-order valence-corrected chi connectivity index (χ2v) is 4.06. The summed E-state index contributed by atoms with van der Waals surface area (Å²) in [5, 5.41) is 9.83. The molecule has 15 heavy (non-hydrogen) atoms. The Balaban J connectivity index is 3.41. The summed E-state index contributed by atoms with van der Waals surface area (Å²) in [6.07, 6.45) is -0.666. The molecule has 1 aromatic rings. The van der Waals surface area contributed by atoms with Gasteiger partial charge in [0.25, 0.3) is 0 Å². The first-order chi connectivity index (χ1) is 7.02. The van der Waals surface area contributed by atoms with E-state index in [1.165, 1.54) is 0 Å². The fraction of sp³-hybridized carbons (Fsp3) is 0.500. The summed E-state index contributed by atoms with van der Waals surface area (Å²) in [4.78, 5) is 0. The molecule has 0 aliphatic rings. The zero-order valence-corrected chi connectivity index (χ0v) is 10.4. The third kappa shape index (κ3) is 2.27. The van der Waals surface area contributed by atoms with Crippen LogP contribution in [0.2, 0.25) is 0 Å². The van der Waals surface area contributed by atoms with Gasteiger partial charge in [-0.15, -0.1) is 11.6 Å². The van der Waals surface area contributed by atoms with E-state index < -0.39 is 6.10 Å². The lowest BCUT2D eigenvalue weighted by Gasteiger charge is -2.19. The lowest BCUT2D eigenvalue weighted by molar-refractivity contribution is 0.196. The van der Waals surface area contributed by atoms with Crippen molar-refractivity contribution in [3.63, 3.8) is 0 Å². The largest absolute Gasteiger partial charge is 0.496 e. The third-order valence-corrected chi connectivity index (χ3v) is 3.01. The van der Waals surface area contributed by atoms with E-state index in [4.69, 9.17) is 16.3 Å². The summed E-state index contributed by atoms with van der Waals surface area (Å²) < 4.78 is 5.34. The van der Waals surface area contributed by atoms with Crippen molar-refractivity contribution in [3.8, 4) is 5.75 Å². The minimum Gasteiger partial charge on any atom is -0.496 e. The van der Waals surface area contributed by atoms with Crippen molar-refractivity contribution in [2.75, 3.05) is 13.0 Å². The van der Waals surface area contributed by atoms with Crippen LogP contribution in [0.5, 0.6) is 5.75 Å². The maximum Gasteiger partial charge on any atom is 0.128 e. The van der Waals surface area contributed by atoms with Gasteiger partial charge >= 0.3 is 0 Å². The predicted molar refractivity (Wildman–Crippen MR) is 62.9 cm³/mol. The van der Waals surface area contributed by atoms with Crippen molar-refractivity contribution in [2.45, 2.75) is 26.9 Å². The molecule has 0 aliphatic carbocycles. The highest BCUT2D eigenvalue weighted by Gasteiger charge is 2.18. The molecular weight excluding hydrogens is 212 g/mol. The molecule has 0 saturated heterocycles. The van der Waals surface area contributed by atoms with Gasteiger partial charge in [0.1, 0.15) is 5.75 Å². The number of hydrogen-bond donors (Lipinski definition) is 1. The summed E-state index contributed by atoms with van der Waals surface area (Å²) in [5.41, 5.74) is 4.04. The van der Waals surface area contributed by atoms with Crippen molar-refractivity contribution in [1.82, 2.24) is 0 Å². The third-order valence-electron chi connectivity index (χ3n) is 2.72. The van der Waals surface area contributed by atoms with E-state index in [9.17, 15) is 5.11 Å². The summed E-state index contributed by atoms with van der Waals surface area (Å²) in [5.74, 6) is 0.931. The Hall–Kier alpha value is -0.730. The van der Waals surface area contributed by atoms with Gasteiger partial charge in [0, 0.05) is 5.56 Å². The molecule has 0 heterocycles. The highest BCUT2D eigenvalue weighted by atomic mass is 35.5. The number of aliphatic hydroxyl groups is 1. The zero-order valence-electron chi connectivity index (χ0n) is 9.60. The van der Waals surface area contributed by atoms with Crippen molar-refractivity contribution >= 4 is 11.6 Å². The molecule has 0 fully saturated rings. The number of halogens is 1. The molecule has 1 atom stereocenters. The number of ether oxygens (including phenoxy) is 1. The predicted octanol–water partition coefficient (Wildman–Crippen LogP) is 2.89. The van der Waals surface area contributed by atoms with E-state index in [0.717, 1.165) is 28.0 Å². The Bertz CT molecular complexity index is 361. The van der Waals surface area contributed by atoms with E-state index in [-0.39, 0.29) is 5.88 Å². The highest BCUT2D eigenvalue weighted by Crippen LogP contribution is 2.34. The first-order valence-electron chi connectivity index (χ1n) is 4.91. The minimum absolute atomic E-state index is 0.180. The molecule has 1 aromatic carbocycles. The SMILES string of the molecule is COc1c(C)c(C)cc(C)c1C(O)CCl. The van der Waals surface area contributed by atoms with Gasteiger partial charge in [-0.1, -0.05) is 6.07 Å². The Labute approximate surface area is 95.8 Å². The first kappa shape index (κ1) is 12.3. The normalized spacial score (nSPS) is 12.7. The van der Waals surface area contributed by atoms with Crippen molar-refractivity contribution < 1.29 is 9.84 Å². The van der Waals surface area contributed by atoms with Gasteiger partial charge in [-0.2, -0.15) is 0 Å². The van der Waals surface area contributed by atoms with E-state index in [0.29, 0.717) is 0 Å². The van der Waals surface area contributed by atoms with Crippen LogP contribution in [0.25, 0.3) is 0 Å². The lowest BCUT2D eigenvalue weighted by atomic mass is 9.96. The van der Waals surface area contributed by atoms with Gasteiger partial charge in [0.05, 0.1) is 19.1 Å². The second kappa shape index (κ2) is 4.86. The zero-order chi connectivity index (χ0) is 11.6. The van der Waals surface area contributed by atoms with Crippen LogP contribution >= 0.6 is 11.6 Å². The Morgan fingerprint density at radius 1 is 1.33 bits per heavy atom. The molecule has 0 saturated carbocycles. The van der Waals surface area contributed by atoms with Crippen molar-refractivity contribution in [1.29, 1.82) is 0 Å².